The molecule has 0 saturated carbocycles. The molecule has 34 heavy (non-hydrogen) atoms. The van der Waals surface area contributed by atoms with E-state index < -0.39 is 17.8 Å². The van der Waals surface area contributed by atoms with Gasteiger partial charge in [0.1, 0.15) is 5.75 Å². The van der Waals surface area contributed by atoms with Gasteiger partial charge in [-0.1, -0.05) is 23.7 Å². The molecule has 0 radical (unpaired) electrons. The number of carbonyl (C=O) groups is 3. The second kappa shape index (κ2) is 11.5. The summed E-state index contributed by atoms with van der Waals surface area (Å²) in [6.07, 6.45) is 1.31. The lowest BCUT2D eigenvalue weighted by Crippen LogP contribution is -2.32. The molecule has 0 aliphatic heterocycles. The van der Waals surface area contributed by atoms with Gasteiger partial charge >= 0.3 is 17.8 Å². The van der Waals surface area contributed by atoms with Crippen molar-refractivity contribution in [2.75, 3.05) is 19.5 Å². The Kier molecular flexibility index (Phi) is 8.20. The van der Waals surface area contributed by atoms with Crippen molar-refractivity contribution in [3.05, 3.63) is 82.9 Å². The molecule has 0 heterocycles. The molecule has 0 bridgehead atoms. The van der Waals surface area contributed by atoms with Crippen LogP contribution in [0.3, 0.4) is 0 Å². The highest BCUT2D eigenvalue weighted by Crippen LogP contribution is 2.29. The normalized spacial score (nSPS) is 10.4. The molecule has 3 aromatic carbocycles. The lowest BCUT2D eigenvalue weighted by molar-refractivity contribution is -0.136. The average Bonchev–Trinajstić information content (AvgIpc) is 2.85. The molecule has 0 atom stereocenters. The molecule has 0 saturated heterocycles. The van der Waals surface area contributed by atoms with Crippen molar-refractivity contribution in [3.8, 4) is 17.2 Å². The Bertz CT molecular complexity index is 1230. The highest BCUT2D eigenvalue weighted by Gasteiger charge is 2.16. The van der Waals surface area contributed by atoms with Gasteiger partial charge in [-0.25, -0.2) is 10.2 Å². The van der Waals surface area contributed by atoms with Crippen LogP contribution in [0.15, 0.2) is 71.8 Å². The summed E-state index contributed by atoms with van der Waals surface area (Å²) in [7, 11) is 2.93. The van der Waals surface area contributed by atoms with E-state index in [-0.39, 0.29) is 22.1 Å². The third kappa shape index (κ3) is 6.33. The van der Waals surface area contributed by atoms with Crippen LogP contribution in [0.5, 0.6) is 17.2 Å². The predicted octanol–water partition coefficient (Wildman–Crippen LogP) is 3.67. The fraction of sp³-hybridized carbons (Fsp3) is 0.0833. The van der Waals surface area contributed by atoms with Gasteiger partial charge in [0.25, 0.3) is 0 Å². The van der Waals surface area contributed by atoms with Crippen LogP contribution in [0.4, 0.5) is 5.69 Å². The SMILES string of the molecule is COc1ccc(NC(=O)C(=O)N/N=C\c2ccc(OC(=O)c3ccccc3Cl)c(OC)c2)cc1. The van der Waals surface area contributed by atoms with Gasteiger partial charge in [0.2, 0.25) is 0 Å². The average molecular weight is 482 g/mol. The first-order valence-corrected chi connectivity index (χ1v) is 10.2. The van der Waals surface area contributed by atoms with E-state index in [2.05, 4.69) is 15.8 Å². The van der Waals surface area contributed by atoms with Crippen molar-refractivity contribution >= 4 is 41.3 Å². The minimum atomic E-state index is -0.954. The molecule has 2 N–H and O–H groups in total. The van der Waals surface area contributed by atoms with E-state index in [9.17, 15) is 14.4 Å². The molecule has 9 nitrogen and oxygen atoms in total. The van der Waals surface area contributed by atoms with E-state index in [1.807, 2.05) is 0 Å². The fourth-order valence-electron chi connectivity index (χ4n) is 2.71. The van der Waals surface area contributed by atoms with E-state index in [0.717, 1.165) is 0 Å². The number of carbonyl (C=O) groups excluding carboxylic acids is 3. The number of ether oxygens (including phenoxy) is 3. The first kappa shape index (κ1) is 24.3. The number of nitrogens with zero attached hydrogens (tertiary/aromatic N) is 1. The number of hydrogen-bond acceptors (Lipinski definition) is 7. The van der Waals surface area contributed by atoms with Crippen LogP contribution in [0, 0.1) is 0 Å². The summed E-state index contributed by atoms with van der Waals surface area (Å²) < 4.78 is 15.7. The minimum Gasteiger partial charge on any atom is -0.497 e. The molecule has 0 aliphatic rings. The van der Waals surface area contributed by atoms with Gasteiger partial charge in [-0.3, -0.25) is 9.59 Å². The molecular formula is C24H20ClN3O6. The highest BCUT2D eigenvalue weighted by molar-refractivity contribution is 6.39. The molecule has 0 fully saturated rings. The third-order valence-electron chi connectivity index (χ3n) is 4.42. The number of nitrogens with one attached hydrogen (secondary N) is 2. The molecule has 2 amide bonds. The van der Waals surface area contributed by atoms with Crippen LogP contribution in [-0.4, -0.2) is 38.2 Å². The summed E-state index contributed by atoms with van der Waals surface area (Å²) in [6, 6.07) is 17.6. The number of hydrogen-bond donors (Lipinski definition) is 2. The second-order valence-corrected chi connectivity index (χ2v) is 7.07. The molecule has 0 unspecified atom stereocenters. The van der Waals surface area contributed by atoms with Crippen molar-refractivity contribution < 1.29 is 28.6 Å². The fourth-order valence-corrected chi connectivity index (χ4v) is 2.92. The molecule has 10 heteroatoms. The van der Waals surface area contributed by atoms with Gasteiger partial charge in [0.15, 0.2) is 11.5 Å². The predicted molar refractivity (Wildman–Crippen MR) is 127 cm³/mol. The summed E-state index contributed by atoms with van der Waals surface area (Å²) in [5.74, 6) is -1.43. The molecule has 174 valence electrons. The summed E-state index contributed by atoms with van der Waals surface area (Å²) in [5.41, 5.74) is 3.30. The van der Waals surface area contributed by atoms with Gasteiger partial charge in [-0.2, -0.15) is 5.10 Å². The van der Waals surface area contributed by atoms with E-state index in [0.29, 0.717) is 17.0 Å². The Balaban J connectivity index is 1.60. The molecule has 0 aromatic heterocycles. The number of halogens is 1. The second-order valence-electron chi connectivity index (χ2n) is 6.66. The molecule has 3 rings (SSSR count). The maximum atomic E-state index is 12.4. The summed E-state index contributed by atoms with van der Waals surface area (Å²) in [6.45, 7) is 0. The number of rotatable bonds is 7. The van der Waals surface area contributed by atoms with Crippen LogP contribution in [-0.2, 0) is 9.59 Å². The van der Waals surface area contributed by atoms with Gasteiger partial charge in [-0.15, -0.1) is 0 Å². The van der Waals surface area contributed by atoms with Crippen LogP contribution in [0.25, 0.3) is 0 Å². The van der Waals surface area contributed by atoms with Crippen molar-refractivity contribution in [2.24, 2.45) is 5.10 Å². The standard InChI is InChI=1S/C24H20ClN3O6/c1-32-17-10-8-16(9-11-17)27-22(29)23(30)28-26-14-15-7-12-20(21(13-15)33-2)34-24(31)18-5-3-4-6-19(18)25/h3-14H,1-2H3,(H,27,29)(H,28,30)/b26-14-. The number of benzene rings is 3. The van der Waals surface area contributed by atoms with E-state index in [1.165, 1.54) is 26.5 Å². The quantitative estimate of drug-likeness (QED) is 0.175. The highest BCUT2D eigenvalue weighted by atomic mass is 35.5. The third-order valence-corrected chi connectivity index (χ3v) is 4.75. The maximum absolute atomic E-state index is 12.4. The van der Waals surface area contributed by atoms with Crippen LogP contribution < -0.4 is 25.0 Å². The van der Waals surface area contributed by atoms with Gasteiger partial charge in [0.05, 0.1) is 31.0 Å². The smallest absolute Gasteiger partial charge is 0.345 e. The minimum absolute atomic E-state index is 0.174. The lowest BCUT2D eigenvalue weighted by Gasteiger charge is -2.10. The molecule has 0 spiro atoms. The Morgan fingerprint density at radius 2 is 1.62 bits per heavy atom. The van der Waals surface area contributed by atoms with Crippen molar-refractivity contribution in [1.82, 2.24) is 5.43 Å². The van der Waals surface area contributed by atoms with Crippen LogP contribution in [0.1, 0.15) is 15.9 Å². The van der Waals surface area contributed by atoms with E-state index in [1.54, 1.807) is 60.7 Å². The molecule has 3 aromatic rings. The van der Waals surface area contributed by atoms with Crippen molar-refractivity contribution in [3.63, 3.8) is 0 Å². The molecule has 0 aliphatic carbocycles. The van der Waals surface area contributed by atoms with Crippen LogP contribution >= 0.6 is 11.6 Å². The topological polar surface area (TPSA) is 115 Å². The Morgan fingerprint density at radius 1 is 0.882 bits per heavy atom. The summed E-state index contributed by atoms with van der Waals surface area (Å²) in [5, 5.41) is 6.48. The first-order valence-electron chi connectivity index (χ1n) is 9.84. The zero-order valence-electron chi connectivity index (χ0n) is 18.2. The number of hydrazone groups is 1. The summed E-state index contributed by atoms with van der Waals surface area (Å²) in [4.78, 5) is 36.3. The Labute approximate surface area is 200 Å². The monoisotopic (exact) mass is 481 g/mol. The van der Waals surface area contributed by atoms with E-state index in [4.69, 9.17) is 25.8 Å². The Morgan fingerprint density at radius 3 is 2.29 bits per heavy atom. The van der Waals surface area contributed by atoms with E-state index >= 15 is 0 Å². The first-order chi connectivity index (χ1) is 16.4. The number of anilines is 1. The maximum Gasteiger partial charge on any atom is 0.345 e. The number of esters is 1. The van der Waals surface area contributed by atoms with Crippen molar-refractivity contribution in [2.45, 2.75) is 0 Å². The molecular weight excluding hydrogens is 462 g/mol. The number of amides is 2. The zero-order chi connectivity index (χ0) is 24.5. The van der Waals surface area contributed by atoms with Crippen LogP contribution in [0.2, 0.25) is 5.02 Å². The zero-order valence-corrected chi connectivity index (χ0v) is 19.0. The van der Waals surface area contributed by atoms with Gasteiger partial charge < -0.3 is 19.5 Å². The number of methoxy groups -OCH3 is 2. The summed E-state index contributed by atoms with van der Waals surface area (Å²) >= 11 is 6.03. The largest absolute Gasteiger partial charge is 0.497 e. The Hall–Kier alpha value is -4.37. The van der Waals surface area contributed by atoms with Crippen molar-refractivity contribution in [1.29, 1.82) is 0 Å². The van der Waals surface area contributed by atoms with Gasteiger partial charge in [0, 0.05) is 5.69 Å². The lowest BCUT2D eigenvalue weighted by atomic mass is 10.2. The van der Waals surface area contributed by atoms with Gasteiger partial charge in [-0.05, 0) is 60.2 Å².